The molecule has 3 N–H and O–H groups in total. The molecule has 3 heteroatoms. The molecule has 0 aromatic carbocycles. The molecule has 0 aromatic rings. The van der Waals surface area contributed by atoms with Crippen LogP contribution in [0.4, 0.5) is 0 Å². The average Bonchev–Trinajstić information content (AvgIpc) is 3.07. The van der Waals surface area contributed by atoms with E-state index in [0.717, 1.165) is 12.5 Å². The fraction of sp³-hybridized carbons (Fsp3) is 1.00. The summed E-state index contributed by atoms with van der Waals surface area (Å²) < 4.78 is 5.18. The summed E-state index contributed by atoms with van der Waals surface area (Å²) in [6, 6.07) is 0.457. The minimum Gasteiger partial charge on any atom is -0.385 e. The highest BCUT2D eigenvalue weighted by Crippen LogP contribution is 2.48. The van der Waals surface area contributed by atoms with Crippen LogP contribution in [0.5, 0.6) is 0 Å². The van der Waals surface area contributed by atoms with E-state index in [2.05, 4.69) is 5.32 Å². The maximum atomic E-state index is 6.02. The molecule has 0 radical (unpaired) electrons. The number of methoxy groups -OCH3 is 1. The first-order chi connectivity index (χ1) is 8.24. The molecule has 17 heavy (non-hydrogen) atoms. The summed E-state index contributed by atoms with van der Waals surface area (Å²) in [5.74, 6) is 0.817. The Bertz CT molecular complexity index is 228. The molecular formula is C14H28N2O. The van der Waals surface area contributed by atoms with Gasteiger partial charge in [0.05, 0.1) is 0 Å². The van der Waals surface area contributed by atoms with Gasteiger partial charge in [0.1, 0.15) is 0 Å². The van der Waals surface area contributed by atoms with Crippen molar-refractivity contribution in [1.29, 1.82) is 0 Å². The molecule has 0 aromatic heterocycles. The van der Waals surface area contributed by atoms with Gasteiger partial charge in [-0.05, 0) is 56.4 Å². The molecule has 0 aliphatic heterocycles. The molecule has 0 bridgehead atoms. The summed E-state index contributed by atoms with van der Waals surface area (Å²) in [4.78, 5) is 0. The van der Waals surface area contributed by atoms with E-state index in [1.807, 2.05) is 0 Å². The SMILES string of the molecule is COCCC1(CNCC2CCCC(N)C2)CC1. The molecule has 100 valence electrons. The largest absolute Gasteiger partial charge is 0.385 e. The minimum atomic E-state index is 0.457. The van der Waals surface area contributed by atoms with Crippen LogP contribution in [0.15, 0.2) is 0 Å². The first-order valence-corrected chi connectivity index (χ1v) is 7.19. The van der Waals surface area contributed by atoms with E-state index in [1.54, 1.807) is 7.11 Å². The molecule has 2 aliphatic rings. The van der Waals surface area contributed by atoms with E-state index in [1.165, 1.54) is 58.0 Å². The summed E-state index contributed by atoms with van der Waals surface area (Å²) in [6.45, 7) is 3.26. The van der Waals surface area contributed by atoms with Crippen LogP contribution in [0.1, 0.15) is 44.9 Å². The van der Waals surface area contributed by atoms with Crippen LogP contribution < -0.4 is 11.1 Å². The lowest BCUT2D eigenvalue weighted by atomic mass is 9.86. The van der Waals surface area contributed by atoms with Crippen LogP contribution in [0.2, 0.25) is 0 Å². The Hall–Kier alpha value is -0.120. The van der Waals surface area contributed by atoms with Gasteiger partial charge in [-0.15, -0.1) is 0 Å². The van der Waals surface area contributed by atoms with E-state index in [9.17, 15) is 0 Å². The van der Waals surface area contributed by atoms with Gasteiger partial charge in [-0.3, -0.25) is 0 Å². The predicted molar refractivity (Wildman–Crippen MR) is 71.0 cm³/mol. The van der Waals surface area contributed by atoms with Crippen molar-refractivity contribution in [2.45, 2.75) is 51.0 Å². The highest BCUT2D eigenvalue weighted by Gasteiger charge is 2.41. The Morgan fingerprint density at radius 1 is 1.35 bits per heavy atom. The second-order valence-corrected chi connectivity index (χ2v) is 6.17. The van der Waals surface area contributed by atoms with Gasteiger partial charge in [-0.1, -0.05) is 6.42 Å². The van der Waals surface area contributed by atoms with Gasteiger partial charge >= 0.3 is 0 Å². The third kappa shape index (κ3) is 4.23. The first-order valence-electron chi connectivity index (χ1n) is 7.19. The summed E-state index contributed by atoms with van der Waals surface area (Å²) in [7, 11) is 1.80. The van der Waals surface area contributed by atoms with Crippen molar-refractivity contribution in [3.63, 3.8) is 0 Å². The zero-order chi connectivity index (χ0) is 12.1. The number of hydrogen-bond donors (Lipinski definition) is 2. The minimum absolute atomic E-state index is 0.457. The predicted octanol–water partition coefficient (Wildman–Crippen LogP) is 1.91. The topological polar surface area (TPSA) is 47.3 Å². The summed E-state index contributed by atoms with van der Waals surface area (Å²) in [6.07, 6.45) is 9.13. The quantitative estimate of drug-likeness (QED) is 0.714. The third-order valence-corrected chi connectivity index (χ3v) is 4.55. The maximum Gasteiger partial charge on any atom is 0.0468 e. The summed E-state index contributed by atoms with van der Waals surface area (Å²) >= 11 is 0. The van der Waals surface area contributed by atoms with Crippen molar-refractivity contribution in [2.24, 2.45) is 17.1 Å². The van der Waals surface area contributed by atoms with E-state index in [4.69, 9.17) is 10.5 Å². The zero-order valence-corrected chi connectivity index (χ0v) is 11.2. The van der Waals surface area contributed by atoms with Gasteiger partial charge in [0.25, 0.3) is 0 Å². The second-order valence-electron chi connectivity index (χ2n) is 6.17. The molecule has 0 heterocycles. The second kappa shape index (κ2) is 6.17. The number of rotatable bonds is 7. The summed E-state index contributed by atoms with van der Waals surface area (Å²) in [5, 5.41) is 3.68. The Labute approximate surface area is 105 Å². The van der Waals surface area contributed by atoms with E-state index in [0.29, 0.717) is 11.5 Å². The molecule has 2 fully saturated rings. The Morgan fingerprint density at radius 2 is 2.18 bits per heavy atom. The lowest BCUT2D eigenvalue weighted by molar-refractivity contribution is 0.170. The van der Waals surface area contributed by atoms with Crippen molar-refractivity contribution in [3.05, 3.63) is 0 Å². The number of nitrogens with two attached hydrogens (primary N) is 1. The van der Waals surface area contributed by atoms with Crippen LogP contribution in [0.3, 0.4) is 0 Å². The van der Waals surface area contributed by atoms with Crippen LogP contribution in [-0.2, 0) is 4.74 Å². The highest BCUT2D eigenvalue weighted by atomic mass is 16.5. The van der Waals surface area contributed by atoms with Gasteiger partial charge in [-0.25, -0.2) is 0 Å². The standard InChI is InChI=1S/C14H28N2O/c1-17-8-7-14(5-6-14)11-16-10-12-3-2-4-13(15)9-12/h12-13,16H,2-11,15H2,1H3. The lowest BCUT2D eigenvalue weighted by Gasteiger charge is -2.27. The molecular weight excluding hydrogens is 212 g/mol. The third-order valence-electron chi connectivity index (χ3n) is 4.55. The highest BCUT2D eigenvalue weighted by molar-refractivity contribution is 4.94. The van der Waals surface area contributed by atoms with Crippen LogP contribution in [0.25, 0.3) is 0 Å². The van der Waals surface area contributed by atoms with Crippen molar-refractivity contribution in [1.82, 2.24) is 5.32 Å². The number of ether oxygens (including phenoxy) is 1. The normalized spacial score (nSPS) is 31.4. The maximum absolute atomic E-state index is 6.02. The van der Waals surface area contributed by atoms with Gasteiger partial charge in [0.2, 0.25) is 0 Å². The van der Waals surface area contributed by atoms with Gasteiger partial charge in [0, 0.05) is 26.3 Å². The van der Waals surface area contributed by atoms with Gasteiger partial charge in [0.15, 0.2) is 0 Å². The van der Waals surface area contributed by atoms with Crippen LogP contribution in [-0.4, -0.2) is 32.8 Å². The van der Waals surface area contributed by atoms with Crippen molar-refractivity contribution >= 4 is 0 Å². The van der Waals surface area contributed by atoms with Crippen LogP contribution in [0, 0.1) is 11.3 Å². The first kappa shape index (κ1) is 13.3. The molecule has 3 nitrogen and oxygen atoms in total. The molecule has 2 rings (SSSR count). The molecule has 0 amide bonds. The Morgan fingerprint density at radius 3 is 2.82 bits per heavy atom. The van der Waals surface area contributed by atoms with E-state index >= 15 is 0 Å². The van der Waals surface area contributed by atoms with Gasteiger partial charge < -0.3 is 15.8 Å². The Balaban J connectivity index is 1.59. The molecule has 2 saturated carbocycles. The number of nitrogens with one attached hydrogen (secondary N) is 1. The summed E-state index contributed by atoms with van der Waals surface area (Å²) in [5.41, 5.74) is 6.59. The molecule has 0 saturated heterocycles. The van der Waals surface area contributed by atoms with Crippen molar-refractivity contribution < 1.29 is 4.74 Å². The lowest BCUT2D eigenvalue weighted by Crippen LogP contribution is -2.35. The van der Waals surface area contributed by atoms with E-state index < -0.39 is 0 Å². The fourth-order valence-corrected chi connectivity index (χ4v) is 3.07. The molecule has 2 unspecified atom stereocenters. The van der Waals surface area contributed by atoms with Crippen LogP contribution >= 0.6 is 0 Å². The van der Waals surface area contributed by atoms with E-state index in [-0.39, 0.29) is 0 Å². The Kier molecular flexibility index (Phi) is 4.83. The monoisotopic (exact) mass is 240 g/mol. The zero-order valence-electron chi connectivity index (χ0n) is 11.2. The van der Waals surface area contributed by atoms with Crippen molar-refractivity contribution in [3.8, 4) is 0 Å². The fourth-order valence-electron chi connectivity index (χ4n) is 3.07. The van der Waals surface area contributed by atoms with Gasteiger partial charge in [-0.2, -0.15) is 0 Å². The molecule has 0 spiro atoms. The average molecular weight is 240 g/mol. The molecule has 2 atom stereocenters. The number of hydrogen-bond acceptors (Lipinski definition) is 3. The smallest absolute Gasteiger partial charge is 0.0468 e. The van der Waals surface area contributed by atoms with Crippen molar-refractivity contribution in [2.75, 3.05) is 26.8 Å². The molecule has 2 aliphatic carbocycles.